The summed E-state index contributed by atoms with van der Waals surface area (Å²) in [6.45, 7) is 0. The van der Waals surface area contributed by atoms with E-state index in [1.54, 1.807) is 42.5 Å². The zero-order valence-corrected chi connectivity index (χ0v) is 17.5. The van der Waals surface area contributed by atoms with E-state index in [9.17, 15) is 18.3 Å². The van der Waals surface area contributed by atoms with Crippen LogP contribution in [-0.2, 0) is 10.0 Å². The molecule has 0 aliphatic heterocycles. The number of hydrogen-bond donors (Lipinski definition) is 2. The number of para-hydroxylation sites is 3. The fraction of sp³-hybridized carbons (Fsp3) is 0.0500. The van der Waals surface area contributed by atoms with Gasteiger partial charge in [0, 0.05) is 12.7 Å². The number of rotatable bonds is 5. The predicted octanol–water partition coefficient (Wildman–Crippen LogP) is 4.78. The van der Waals surface area contributed by atoms with Gasteiger partial charge in [-0.1, -0.05) is 53.5 Å². The fourth-order valence-electron chi connectivity index (χ4n) is 2.63. The molecule has 0 saturated carbocycles. The lowest BCUT2D eigenvalue weighted by molar-refractivity contribution is 0.102. The van der Waals surface area contributed by atoms with Gasteiger partial charge in [-0.3, -0.25) is 9.10 Å². The maximum Gasteiger partial charge on any atom is 0.265 e. The molecule has 29 heavy (non-hydrogen) atoms. The van der Waals surface area contributed by atoms with Crippen molar-refractivity contribution in [1.82, 2.24) is 0 Å². The van der Waals surface area contributed by atoms with Crippen molar-refractivity contribution < 1.29 is 18.3 Å². The lowest BCUT2D eigenvalue weighted by Gasteiger charge is -2.21. The van der Waals surface area contributed by atoms with Gasteiger partial charge in [0.2, 0.25) is 0 Å². The van der Waals surface area contributed by atoms with Crippen molar-refractivity contribution in [2.24, 2.45) is 0 Å². The van der Waals surface area contributed by atoms with E-state index in [2.05, 4.69) is 5.32 Å². The summed E-state index contributed by atoms with van der Waals surface area (Å²) in [5.74, 6) is -0.801. The third-order valence-corrected chi connectivity index (χ3v) is 6.71. The van der Waals surface area contributed by atoms with E-state index >= 15 is 0 Å². The second-order valence-electron chi connectivity index (χ2n) is 6.04. The maximum atomic E-state index is 13.1. The number of nitrogens with zero attached hydrogens (tertiary/aromatic N) is 1. The topological polar surface area (TPSA) is 86.7 Å². The molecule has 0 heterocycles. The smallest absolute Gasteiger partial charge is 0.265 e. The fourth-order valence-corrected chi connectivity index (χ4v) is 4.67. The number of carbonyl (C=O) groups excluding carboxylic acids is 1. The molecule has 0 aromatic heterocycles. The molecule has 3 aromatic rings. The summed E-state index contributed by atoms with van der Waals surface area (Å²) >= 11 is 12.3. The van der Waals surface area contributed by atoms with Gasteiger partial charge in [-0.2, -0.15) is 0 Å². The Morgan fingerprint density at radius 1 is 0.966 bits per heavy atom. The first-order chi connectivity index (χ1) is 13.7. The molecule has 0 spiro atoms. The van der Waals surface area contributed by atoms with Crippen LogP contribution in [0.4, 0.5) is 11.4 Å². The molecule has 0 aliphatic carbocycles. The van der Waals surface area contributed by atoms with Gasteiger partial charge in [0.05, 0.1) is 21.3 Å². The molecule has 0 fully saturated rings. The summed E-state index contributed by atoms with van der Waals surface area (Å²) in [5.41, 5.74) is 0.539. The van der Waals surface area contributed by atoms with E-state index in [4.69, 9.17) is 23.2 Å². The monoisotopic (exact) mass is 450 g/mol. The number of nitrogens with one attached hydrogen (secondary N) is 1. The van der Waals surface area contributed by atoms with Gasteiger partial charge in [-0.25, -0.2) is 8.42 Å². The number of aromatic hydroxyl groups is 1. The van der Waals surface area contributed by atoms with Crippen LogP contribution >= 0.6 is 23.2 Å². The van der Waals surface area contributed by atoms with Crippen LogP contribution < -0.4 is 9.62 Å². The van der Waals surface area contributed by atoms with Gasteiger partial charge in [0.1, 0.15) is 10.6 Å². The molecule has 0 radical (unpaired) electrons. The van der Waals surface area contributed by atoms with Gasteiger partial charge >= 0.3 is 0 Å². The normalized spacial score (nSPS) is 11.1. The number of benzene rings is 3. The first-order valence-corrected chi connectivity index (χ1v) is 10.5. The van der Waals surface area contributed by atoms with Gasteiger partial charge < -0.3 is 10.4 Å². The second kappa shape index (κ2) is 8.32. The van der Waals surface area contributed by atoms with Gasteiger partial charge in [-0.15, -0.1) is 0 Å². The van der Waals surface area contributed by atoms with E-state index in [0.717, 1.165) is 10.4 Å². The minimum atomic E-state index is -4.19. The minimum absolute atomic E-state index is 0.00703. The van der Waals surface area contributed by atoms with Crippen molar-refractivity contribution in [3.63, 3.8) is 0 Å². The zero-order chi connectivity index (χ0) is 21.2. The van der Waals surface area contributed by atoms with E-state index in [1.807, 2.05) is 0 Å². The quantitative estimate of drug-likeness (QED) is 0.585. The van der Waals surface area contributed by atoms with Gasteiger partial charge in [0.25, 0.3) is 15.9 Å². The zero-order valence-electron chi connectivity index (χ0n) is 15.1. The predicted molar refractivity (Wildman–Crippen MR) is 115 cm³/mol. The van der Waals surface area contributed by atoms with Crippen molar-refractivity contribution in [2.45, 2.75) is 4.90 Å². The third-order valence-electron chi connectivity index (χ3n) is 4.16. The van der Waals surface area contributed by atoms with Crippen molar-refractivity contribution >= 4 is 50.5 Å². The number of carbonyl (C=O) groups is 1. The first kappa shape index (κ1) is 21.0. The lowest BCUT2D eigenvalue weighted by atomic mass is 10.2. The molecule has 9 heteroatoms. The summed E-state index contributed by atoms with van der Waals surface area (Å²) < 4.78 is 27.1. The highest BCUT2D eigenvalue weighted by molar-refractivity contribution is 7.93. The molecule has 0 saturated heterocycles. The lowest BCUT2D eigenvalue weighted by Crippen LogP contribution is -2.27. The standard InChI is InChI=1S/C20H16Cl2N2O4S/c1-24(17-9-5-6-10-18(17)25)29(27,28)19-11-14(15(21)12-16(19)22)20(26)23-13-7-3-2-4-8-13/h2-12,25H,1H3,(H,23,26). The van der Waals surface area contributed by atoms with Crippen molar-refractivity contribution in [2.75, 3.05) is 16.7 Å². The molecular weight excluding hydrogens is 435 g/mol. The number of hydrogen-bond acceptors (Lipinski definition) is 4. The van der Waals surface area contributed by atoms with Crippen LogP contribution in [0.5, 0.6) is 5.75 Å². The molecule has 0 aliphatic rings. The minimum Gasteiger partial charge on any atom is -0.506 e. The molecule has 0 atom stereocenters. The Kier molecular flexibility index (Phi) is 6.02. The Balaban J connectivity index is 2.02. The van der Waals surface area contributed by atoms with Crippen LogP contribution in [0.25, 0.3) is 0 Å². The van der Waals surface area contributed by atoms with Crippen LogP contribution in [0.1, 0.15) is 10.4 Å². The van der Waals surface area contributed by atoms with Crippen LogP contribution in [0, 0.1) is 0 Å². The van der Waals surface area contributed by atoms with Crippen LogP contribution in [0.15, 0.2) is 71.6 Å². The molecule has 3 aromatic carbocycles. The Bertz CT molecular complexity index is 1170. The Labute approximate surface area is 178 Å². The average molecular weight is 451 g/mol. The van der Waals surface area contributed by atoms with Gasteiger partial charge in [-0.05, 0) is 36.4 Å². The summed E-state index contributed by atoms with van der Waals surface area (Å²) in [5, 5.41) is 12.5. The Morgan fingerprint density at radius 2 is 1.59 bits per heavy atom. The van der Waals surface area contributed by atoms with Crippen molar-refractivity contribution in [3.05, 3.63) is 82.3 Å². The van der Waals surface area contributed by atoms with Crippen LogP contribution in [0.2, 0.25) is 10.0 Å². The van der Waals surface area contributed by atoms with Crippen molar-refractivity contribution in [1.29, 1.82) is 0 Å². The van der Waals surface area contributed by atoms with E-state index in [1.165, 1.54) is 25.2 Å². The molecule has 0 bridgehead atoms. The van der Waals surface area contributed by atoms with E-state index < -0.39 is 15.9 Å². The molecular formula is C20H16Cl2N2O4S. The molecule has 6 nitrogen and oxygen atoms in total. The molecule has 2 N–H and O–H groups in total. The molecule has 3 rings (SSSR count). The molecule has 0 unspecified atom stereocenters. The number of amides is 1. The van der Waals surface area contributed by atoms with Crippen molar-refractivity contribution in [3.8, 4) is 5.75 Å². The Morgan fingerprint density at radius 3 is 2.24 bits per heavy atom. The molecule has 1 amide bonds. The first-order valence-electron chi connectivity index (χ1n) is 8.34. The summed E-state index contributed by atoms with van der Waals surface area (Å²) in [7, 11) is -2.91. The van der Waals surface area contributed by atoms with Crippen LogP contribution in [-0.4, -0.2) is 26.5 Å². The van der Waals surface area contributed by atoms with E-state index in [-0.39, 0.29) is 31.9 Å². The summed E-state index contributed by atoms with van der Waals surface area (Å²) in [6.07, 6.45) is 0. The highest BCUT2D eigenvalue weighted by Gasteiger charge is 2.28. The SMILES string of the molecule is CN(c1ccccc1O)S(=O)(=O)c1cc(C(=O)Nc2ccccc2)c(Cl)cc1Cl. The number of phenolic OH excluding ortho intramolecular Hbond substituents is 1. The highest BCUT2D eigenvalue weighted by atomic mass is 35.5. The van der Waals surface area contributed by atoms with Crippen LogP contribution in [0.3, 0.4) is 0 Å². The number of sulfonamides is 1. The second-order valence-corrected chi connectivity index (χ2v) is 8.80. The number of anilines is 2. The Hall–Kier alpha value is -2.74. The number of halogens is 2. The summed E-state index contributed by atoms with van der Waals surface area (Å²) in [6, 6.07) is 16.9. The largest absolute Gasteiger partial charge is 0.506 e. The maximum absolute atomic E-state index is 13.1. The third kappa shape index (κ3) is 4.32. The van der Waals surface area contributed by atoms with E-state index in [0.29, 0.717) is 5.69 Å². The summed E-state index contributed by atoms with van der Waals surface area (Å²) in [4.78, 5) is 12.3. The van der Waals surface area contributed by atoms with Gasteiger partial charge in [0.15, 0.2) is 0 Å². The average Bonchev–Trinajstić information content (AvgIpc) is 2.68. The molecule has 150 valence electrons. The highest BCUT2D eigenvalue weighted by Crippen LogP contribution is 2.35. The number of phenols is 1.